The van der Waals surface area contributed by atoms with Gasteiger partial charge in [0.15, 0.2) is 0 Å². The molecule has 6 aliphatic rings. The molecular formula is C60H40N5O10P5. The van der Waals surface area contributed by atoms with Crippen molar-refractivity contribution in [2.45, 2.75) is 0 Å². The van der Waals surface area contributed by atoms with Crippen LogP contribution in [-0.2, 0) is 0 Å². The molecule has 0 amide bonds. The molecule has 5 spiro atoms. The molecule has 0 unspecified atom stereocenters. The summed E-state index contributed by atoms with van der Waals surface area (Å²) in [6.45, 7) is 0. The van der Waals surface area contributed by atoms with Gasteiger partial charge in [-0.25, -0.2) is 0 Å². The van der Waals surface area contributed by atoms with Crippen molar-refractivity contribution >= 4 is 38.3 Å². The van der Waals surface area contributed by atoms with Crippen LogP contribution in [-0.4, -0.2) is 0 Å². The Hall–Kier alpha value is -8.65. The molecule has 15 nitrogen and oxygen atoms in total. The van der Waals surface area contributed by atoms with Crippen LogP contribution >= 0.6 is 38.3 Å². The Balaban J connectivity index is 1.15. The van der Waals surface area contributed by atoms with Crippen LogP contribution < -0.4 is 45.2 Å². The van der Waals surface area contributed by atoms with Crippen LogP contribution in [0.3, 0.4) is 0 Å². The summed E-state index contributed by atoms with van der Waals surface area (Å²) in [6.07, 6.45) is 0. The van der Waals surface area contributed by atoms with Crippen LogP contribution in [0.15, 0.2) is 265 Å². The van der Waals surface area contributed by atoms with E-state index in [2.05, 4.69) is 0 Å². The van der Waals surface area contributed by atoms with Crippen LogP contribution in [0.4, 0.5) is 0 Å². The molecule has 20 heteroatoms. The standard InChI is InChI=1S/C60H40N5O10P5/c1-11-31-51-41(21-1)42-22-2-12-32-52(42)67-76(66-51)61-77(68-53-33-13-3-23-43(53)44-24-4-14-34-54(44)69-77)63-79(72-57-37-17-7-27-47(57)48-28-8-18-38-58(48)73-79)65-80(74-59-39-19-9-29-49(59)50-30-10-20-40-60(50)75-80)64-78(62-76)70-55-35-15-5-25-45(55)46-26-6-16-36-56(46)71-78/h1-40H. The Kier molecular flexibility index (Phi) is 10.8. The van der Waals surface area contributed by atoms with Gasteiger partial charge >= 0.3 is 38.3 Å². The summed E-state index contributed by atoms with van der Waals surface area (Å²) in [4.78, 5) is 0. The predicted molar refractivity (Wildman–Crippen MR) is 312 cm³/mol. The molecule has 6 heterocycles. The van der Waals surface area contributed by atoms with Gasteiger partial charge in [0, 0.05) is 55.6 Å². The molecule has 0 bridgehead atoms. The maximum Gasteiger partial charge on any atom is 0.460 e. The van der Waals surface area contributed by atoms with E-state index in [9.17, 15) is 0 Å². The molecule has 80 heavy (non-hydrogen) atoms. The summed E-state index contributed by atoms with van der Waals surface area (Å²) < 4.78 is 104. The highest BCUT2D eigenvalue weighted by atomic mass is 31.3. The molecule has 0 aliphatic carbocycles. The predicted octanol–water partition coefficient (Wildman–Crippen LogP) is 20.4. The number of rotatable bonds is 0. The van der Waals surface area contributed by atoms with Crippen molar-refractivity contribution in [1.82, 2.24) is 0 Å². The molecule has 390 valence electrons. The van der Waals surface area contributed by atoms with E-state index >= 15 is 0 Å². The molecule has 0 saturated carbocycles. The molecule has 16 rings (SSSR count). The van der Waals surface area contributed by atoms with Crippen LogP contribution in [0, 0.1) is 0 Å². The normalized spacial score (nSPS) is 17.5. The van der Waals surface area contributed by atoms with Gasteiger partial charge in [-0.05, 0) is 60.7 Å². The van der Waals surface area contributed by atoms with Gasteiger partial charge < -0.3 is 45.2 Å². The lowest BCUT2D eigenvalue weighted by atomic mass is 10.0. The van der Waals surface area contributed by atoms with E-state index < -0.39 is 38.3 Å². The molecule has 0 saturated heterocycles. The highest BCUT2D eigenvalue weighted by Crippen LogP contribution is 2.82. The van der Waals surface area contributed by atoms with Crippen molar-refractivity contribution in [3.63, 3.8) is 0 Å². The summed E-state index contributed by atoms with van der Waals surface area (Å²) >= 11 is 0. The second-order valence-electron chi connectivity index (χ2n) is 18.8. The maximum atomic E-state index is 7.52. The zero-order valence-corrected chi connectivity index (χ0v) is 46.1. The Morgan fingerprint density at radius 3 is 0.362 bits per heavy atom. The molecule has 0 atom stereocenters. The van der Waals surface area contributed by atoms with Crippen molar-refractivity contribution in [3.05, 3.63) is 243 Å². The first-order valence-corrected chi connectivity index (χ1v) is 33.0. The number of nitrogens with zero attached hydrogens (tertiary/aromatic N) is 5. The number of hydrogen-bond acceptors (Lipinski definition) is 15. The van der Waals surface area contributed by atoms with E-state index in [1.54, 1.807) is 0 Å². The molecular weight excluding hydrogens is 1110 g/mol. The van der Waals surface area contributed by atoms with E-state index in [4.69, 9.17) is 67.8 Å². The van der Waals surface area contributed by atoms with Gasteiger partial charge in [0.25, 0.3) is 0 Å². The molecule has 10 aromatic rings. The monoisotopic (exact) mass is 1150 g/mol. The molecule has 0 aromatic heterocycles. The minimum atomic E-state index is -4.65. The average molecular weight is 1150 g/mol. The van der Waals surface area contributed by atoms with Crippen LogP contribution in [0.25, 0.3) is 55.6 Å². The maximum absolute atomic E-state index is 7.52. The van der Waals surface area contributed by atoms with Crippen molar-refractivity contribution in [3.8, 4) is 113 Å². The van der Waals surface area contributed by atoms with Gasteiger partial charge in [-0.2, -0.15) is 0 Å². The lowest BCUT2D eigenvalue weighted by Crippen LogP contribution is -2.09. The highest BCUT2D eigenvalue weighted by molar-refractivity contribution is 7.79. The van der Waals surface area contributed by atoms with Gasteiger partial charge in [0.05, 0.1) is 0 Å². The fraction of sp³-hybridized carbons (Fsp3) is 0. The first-order valence-electron chi connectivity index (χ1n) is 25.4. The third-order valence-corrected chi connectivity index (χ3v) is 27.0. The van der Waals surface area contributed by atoms with E-state index in [1.165, 1.54) is 0 Å². The summed E-state index contributed by atoms with van der Waals surface area (Å²) in [5.74, 6) is 3.67. The minimum Gasteiger partial charge on any atom is -0.413 e. The van der Waals surface area contributed by atoms with Crippen LogP contribution in [0.5, 0.6) is 57.5 Å². The molecule has 0 radical (unpaired) electrons. The Morgan fingerprint density at radius 2 is 0.250 bits per heavy atom. The Labute approximate surface area is 459 Å². The number of fused-ring (bicyclic) bond motifs is 15. The number of para-hydroxylation sites is 10. The number of hydrogen-bond donors (Lipinski definition) is 0. The van der Waals surface area contributed by atoms with Crippen molar-refractivity contribution in [1.29, 1.82) is 0 Å². The quantitative estimate of drug-likeness (QED) is 0.134. The zero-order chi connectivity index (χ0) is 52.9. The lowest BCUT2D eigenvalue weighted by molar-refractivity contribution is 0.453. The molecule has 0 fully saturated rings. The second kappa shape index (κ2) is 18.2. The van der Waals surface area contributed by atoms with E-state index in [0.717, 1.165) is 0 Å². The van der Waals surface area contributed by atoms with E-state index in [-0.39, 0.29) is 0 Å². The fourth-order valence-corrected chi connectivity index (χ4v) is 25.5. The third kappa shape index (κ3) is 7.99. The number of benzene rings is 10. The van der Waals surface area contributed by atoms with Crippen molar-refractivity contribution < 1.29 is 45.2 Å². The smallest absolute Gasteiger partial charge is 0.413 e. The lowest BCUT2D eigenvalue weighted by Gasteiger charge is -2.31. The Bertz CT molecular complexity index is 3640. The van der Waals surface area contributed by atoms with Crippen LogP contribution in [0.2, 0.25) is 0 Å². The molecule has 10 aromatic carbocycles. The summed E-state index contributed by atoms with van der Waals surface area (Å²) in [5, 5.41) is 0. The minimum absolute atomic E-state index is 0.367. The van der Waals surface area contributed by atoms with Crippen LogP contribution in [0.1, 0.15) is 0 Å². The summed E-state index contributed by atoms with van der Waals surface area (Å²) in [7, 11) is -23.3. The van der Waals surface area contributed by atoms with Gasteiger partial charge in [-0.15, -0.1) is 0 Å². The Morgan fingerprint density at radius 1 is 0.150 bits per heavy atom. The topological polar surface area (TPSA) is 154 Å². The third-order valence-electron chi connectivity index (χ3n) is 13.6. The summed E-state index contributed by atoms with van der Waals surface area (Å²) in [5.41, 5.74) is 6.97. The highest BCUT2D eigenvalue weighted by Gasteiger charge is 2.53. The van der Waals surface area contributed by atoms with E-state index in [1.807, 2.05) is 243 Å². The molecule has 6 aliphatic heterocycles. The van der Waals surface area contributed by atoms with Gasteiger partial charge in [-0.1, -0.05) is 205 Å². The van der Waals surface area contributed by atoms with Crippen molar-refractivity contribution in [2.75, 3.05) is 0 Å². The van der Waals surface area contributed by atoms with Gasteiger partial charge in [-0.3, -0.25) is 0 Å². The van der Waals surface area contributed by atoms with Gasteiger partial charge in [0.2, 0.25) is 0 Å². The largest absolute Gasteiger partial charge is 0.460 e. The first-order chi connectivity index (χ1) is 39.3. The average Bonchev–Trinajstić information content (AvgIpc) is 3.95. The van der Waals surface area contributed by atoms with Gasteiger partial charge in [0.1, 0.15) is 57.5 Å². The first kappa shape index (κ1) is 47.4. The zero-order valence-electron chi connectivity index (χ0n) is 41.6. The second-order valence-corrected chi connectivity index (χ2v) is 29.1. The fourth-order valence-electron chi connectivity index (χ4n) is 10.2. The van der Waals surface area contributed by atoms with E-state index in [0.29, 0.717) is 113 Å². The van der Waals surface area contributed by atoms with Crippen molar-refractivity contribution in [2.24, 2.45) is 22.6 Å². The summed E-state index contributed by atoms with van der Waals surface area (Å²) in [6, 6.07) is 75.9. The molecule has 0 N–H and O–H groups in total. The SMILES string of the molecule is c1ccc2c(c1)OP1(=NP3(=NP4(=NP5(=NP6(=N1)Oc1ccccc1-c1ccccc1O6)Oc1ccccc1-c1ccccc1O5)Oc1ccccc1-c1ccccc1O4)Oc1ccccc1-c1ccccc1O3)Oc1ccccc1-2.